The van der Waals surface area contributed by atoms with E-state index in [0.717, 1.165) is 4.70 Å². The molecule has 0 fully saturated rings. The molecule has 1 amide bonds. The number of aromatic nitrogens is 1. The van der Waals surface area contributed by atoms with E-state index in [1.54, 1.807) is 13.1 Å². The van der Waals surface area contributed by atoms with Crippen LogP contribution in [-0.4, -0.2) is 28.6 Å². The molecule has 0 aromatic carbocycles. The molecule has 0 radical (unpaired) electrons. The normalized spacial score (nSPS) is 12.6. The average molecular weight is 265 g/mol. The van der Waals surface area contributed by atoms with Gasteiger partial charge in [0.1, 0.15) is 10.4 Å². The molecule has 5 nitrogen and oxygen atoms in total. The predicted octanol–water partition coefficient (Wildman–Crippen LogP) is 1.38. The molecule has 6 heteroatoms. The van der Waals surface area contributed by atoms with Gasteiger partial charge in [-0.15, -0.1) is 11.3 Å². The van der Waals surface area contributed by atoms with Gasteiger partial charge in [-0.3, -0.25) is 9.78 Å². The van der Waals surface area contributed by atoms with Gasteiger partial charge in [0.05, 0.1) is 16.5 Å². The Morgan fingerprint density at radius 1 is 1.67 bits per heavy atom. The second-order valence-corrected chi connectivity index (χ2v) is 5.14. The molecule has 0 aliphatic rings. The molecule has 2 aromatic rings. The van der Waals surface area contributed by atoms with E-state index >= 15 is 0 Å². The number of thiophene rings is 1. The number of fused-ring (bicyclic) bond motifs is 1. The topological polar surface area (TPSA) is 88.2 Å². The van der Waals surface area contributed by atoms with E-state index in [-0.39, 0.29) is 5.91 Å². The number of carbonyl (C=O) groups is 1. The van der Waals surface area contributed by atoms with Crippen molar-refractivity contribution in [2.75, 3.05) is 12.3 Å². The van der Waals surface area contributed by atoms with Crippen molar-refractivity contribution in [3.8, 4) is 0 Å². The standard InChI is InChI=1S/C12H15N3O2S/c1-7(16)4-6-15-12(17)11-9(13)10-8(18-11)3-2-5-14-10/h2-3,5,7,16H,4,6,13H2,1H3,(H,15,17). The maximum Gasteiger partial charge on any atom is 0.263 e. The Labute approximate surface area is 109 Å². The lowest BCUT2D eigenvalue weighted by atomic mass is 10.3. The van der Waals surface area contributed by atoms with Gasteiger partial charge in [-0.05, 0) is 25.5 Å². The van der Waals surface area contributed by atoms with Crippen molar-refractivity contribution in [1.82, 2.24) is 10.3 Å². The van der Waals surface area contributed by atoms with Crippen LogP contribution in [0.1, 0.15) is 23.0 Å². The maximum absolute atomic E-state index is 11.9. The third-order valence-corrected chi connectivity index (χ3v) is 3.70. The monoisotopic (exact) mass is 265 g/mol. The summed E-state index contributed by atoms with van der Waals surface area (Å²) in [5.74, 6) is -0.212. The number of rotatable bonds is 4. The molecule has 0 aliphatic carbocycles. The molecule has 0 saturated carbocycles. The van der Waals surface area contributed by atoms with E-state index in [0.29, 0.717) is 29.0 Å². The first-order valence-corrected chi connectivity index (χ1v) is 6.50. The van der Waals surface area contributed by atoms with Crippen LogP contribution < -0.4 is 11.1 Å². The lowest BCUT2D eigenvalue weighted by Gasteiger charge is -2.05. The lowest BCUT2D eigenvalue weighted by Crippen LogP contribution is -2.26. The van der Waals surface area contributed by atoms with Crippen LogP contribution in [0.4, 0.5) is 5.69 Å². The molecule has 1 unspecified atom stereocenters. The Balaban J connectivity index is 2.15. The molecule has 0 saturated heterocycles. The van der Waals surface area contributed by atoms with Crippen LogP contribution in [-0.2, 0) is 0 Å². The summed E-state index contributed by atoms with van der Waals surface area (Å²) in [4.78, 5) is 16.6. The number of anilines is 1. The van der Waals surface area contributed by atoms with Crippen LogP contribution >= 0.6 is 11.3 Å². The number of carbonyl (C=O) groups excluding carboxylic acids is 1. The van der Waals surface area contributed by atoms with E-state index < -0.39 is 6.10 Å². The first-order chi connectivity index (χ1) is 8.59. The summed E-state index contributed by atoms with van der Waals surface area (Å²) >= 11 is 1.33. The fourth-order valence-corrected chi connectivity index (χ4v) is 2.59. The van der Waals surface area contributed by atoms with Gasteiger partial charge in [-0.2, -0.15) is 0 Å². The number of aliphatic hydroxyl groups is 1. The van der Waals surface area contributed by atoms with Crippen molar-refractivity contribution in [2.45, 2.75) is 19.4 Å². The SMILES string of the molecule is CC(O)CCNC(=O)c1sc2cccnc2c1N. The predicted molar refractivity (Wildman–Crippen MR) is 72.7 cm³/mol. The summed E-state index contributed by atoms with van der Waals surface area (Å²) in [5.41, 5.74) is 7.00. The van der Waals surface area contributed by atoms with E-state index in [1.807, 2.05) is 12.1 Å². The second-order valence-electron chi connectivity index (χ2n) is 4.09. The Bertz CT molecular complexity index is 565. The van der Waals surface area contributed by atoms with Crippen molar-refractivity contribution >= 4 is 33.1 Å². The summed E-state index contributed by atoms with van der Waals surface area (Å²) in [6, 6.07) is 3.70. The minimum Gasteiger partial charge on any atom is -0.396 e. The fourth-order valence-electron chi connectivity index (χ4n) is 1.59. The highest BCUT2D eigenvalue weighted by Gasteiger charge is 2.16. The van der Waals surface area contributed by atoms with Crippen molar-refractivity contribution in [2.24, 2.45) is 0 Å². The number of hydrogen-bond donors (Lipinski definition) is 3. The zero-order chi connectivity index (χ0) is 13.1. The van der Waals surface area contributed by atoms with E-state index in [9.17, 15) is 4.79 Å². The molecule has 1 atom stereocenters. The number of aliphatic hydroxyl groups excluding tert-OH is 1. The quantitative estimate of drug-likeness (QED) is 0.779. The first-order valence-electron chi connectivity index (χ1n) is 5.69. The fraction of sp³-hybridized carbons (Fsp3) is 0.333. The third-order valence-electron chi connectivity index (χ3n) is 2.54. The molecular weight excluding hydrogens is 250 g/mol. The smallest absolute Gasteiger partial charge is 0.263 e. The van der Waals surface area contributed by atoms with Gasteiger partial charge in [-0.25, -0.2) is 0 Å². The van der Waals surface area contributed by atoms with Gasteiger partial charge >= 0.3 is 0 Å². The van der Waals surface area contributed by atoms with Gasteiger partial charge in [0.25, 0.3) is 5.91 Å². The van der Waals surface area contributed by atoms with Crippen LogP contribution in [0.5, 0.6) is 0 Å². The number of nitrogens with one attached hydrogen (secondary N) is 1. The molecule has 96 valence electrons. The number of nitrogens with zero attached hydrogens (tertiary/aromatic N) is 1. The second kappa shape index (κ2) is 5.32. The summed E-state index contributed by atoms with van der Waals surface area (Å²) in [6.07, 6.45) is 1.75. The van der Waals surface area contributed by atoms with Crippen LogP contribution in [0.15, 0.2) is 18.3 Å². The minimum atomic E-state index is -0.424. The summed E-state index contributed by atoms with van der Waals surface area (Å²) in [6.45, 7) is 2.11. The molecular formula is C12H15N3O2S. The number of nitrogens with two attached hydrogens (primary N) is 1. The number of hydrogen-bond acceptors (Lipinski definition) is 5. The zero-order valence-electron chi connectivity index (χ0n) is 10.0. The molecule has 4 N–H and O–H groups in total. The van der Waals surface area contributed by atoms with Crippen molar-refractivity contribution < 1.29 is 9.90 Å². The van der Waals surface area contributed by atoms with Gasteiger partial charge in [0.2, 0.25) is 0 Å². The third kappa shape index (κ3) is 2.60. The Morgan fingerprint density at radius 2 is 2.44 bits per heavy atom. The van der Waals surface area contributed by atoms with Crippen molar-refractivity contribution in [1.29, 1.82) is 0 Å². The summed E-state index contributed by atoms with van der Waals surface area (Å²) in [5, 5.41) is 11.9. The molecule has 0 bridgehead atoms. The molecule has 0 aliphatic heterocycles. The van der Waals surface area contributed by atoms with E-state index in [1.165, 1.54) is 11.3 Å². The Hall–Kier alpha value is -1.66. The van der Waals surface area contributed by atoms with Gasteiger partial charge in [-0.1, -0.05) is 0 Å². The Morgan fingerprint density at radius 3 is 3.11 bits per heavy atom. The summed E-state index contributed by atoms with van der Waals surface area (Å²) < 4.78 is 0.899. The highest BCUT2D eigenvalue weighted by atomic mass is 32.1. The number of pyridine rings is 1. The van der Waals surface area contributed by atoms with E-state index in [2.05, 4.69) is 10.3 Å². The average Bonchev–Trinajstić information content (AvgIpc) is 2.67. The van der Waals surface area contributed by atoms with Crippen LogP contribution in [0.25, 0.3) is 10.2 Å². The minimum absolute atomic E-state index is 0.212. The summed E-state index contributed by atoms with van der Waals surface area (Å²) in [7, 11) is 0. The Kier molecular flexibility index (Phi) is 3.78. The largest absolute Gasteiger partial charge is 0.396 e. The van der Waals surface area contributed by atoms with Crippen LogP contribution in [0.2, 0.25) is 0 Å². The molecule has 0 spiro atoms. The molecule has 2 aromatic heterocycles. The van der Waals surface area contributed by atoms with Crippen LogP contribution in [0.3, 0.4) is 0 Å². The maximum atomic E-state index is 11.9. The van der Waals surface area contributed by atoms with Gasteiger partial charge in [0, 0.05) is 12.7 Å². The van der Waals surface area contributed by atoms with Crippen molar-refractivity contribution in [3.05, 3.63) is 23.2 Å². The van der Waals surface area contributed by atoms with E-state index in [4.69, 9.17) is 10.8 Å². The first kappa shape index (κ1) is 12.8. The molecule has 18 heavy (non-hydrogen) atoms. The van der Waals surface area contributed by atoms with Crippen LogP contribution in [0, 0.1) is 0 Å². The number of nitrogen functional groups attached to an aromatic ring is 1. The molecule has 2 heterocycles. The van der Waals surface area contributed by atoms with Gasteiger partial charge < -0.3 is 16.2 Å². The highest BCUT2D eigenvalue weighted by molar-refractivity contribution is 7.21. The highest BCUT2D eigenvalue weighted by Crippen LogP contribution is 2.31. The molecule has 2 rings (SSSR count). The lowest BCUT2D eigenvalue weighted by molar-refractivity contribution is 0.0950. The van der Waals surface area contributed by atoms with Gasteiger partial charge in [0.15, 0.2) is 0 Å². The van der Waals surface area contributed by atoms with Crippen molar-refractivity contribution in [3.63, 3.8) is 0 Å². The number of amides is 1. The zero-order valence-corrected chi connectivity index (χ0v) is 10.8.